The predicted octanol–water partition coefficient (Wildman–Crippen LogP) is 1.85. The molecule has 0 fully saturated rings. The van der Waals surface area contributed by atoms with Crippen LogP contribution in [0.15, 0.2) is 30.5 Å². The summed E-state index contributed by atoms with van der Waals surface area (Å²) in [5.74, 6) is 1.33. The summed E-state index contributed by atoms with van der Waals surface area (Å²) in [5, 5.41) is 6.95. The molecule has 2 aromatic heterocycles. The van der Waals surface area contributed by atoms with E-state index < -0.39 is 5.91 Å². The van der Waals surface area contributed by atoms with Crippen molar-refractivity contribution >= 4 is 17.4 Å². The molecule has 4 rings (SSSR count). The minimum absolute atomic E-state index is 0.0592. The number of anilines is 1. The standard InChI is InChI=1S/C16H15N5O3/c1-10-5-6-17-16-19-14(20-21(10)16)15(22)18-11-3-4-12-13(9-11)24-8-2-7-23-12/h3-6,9H,2,7-8H2,1H3,(H,18,22). The van der Waals surface area contributed by atoms with Gasteiger partial charge in [-0.3, -0.25) is 4.79 Å². The molecule has 0 saturated heterocycles. The number of amides is 1. The highest BCUT2D eigenvalue weighted by atomic mass is 16.5. The predicted molar refractivity (Wildman–Crippen MR) is 85.5 cm³/mol. The number of ether oxygens (including phenoxy) is 2. The van der Waals surface area contributed by atoms with Gasteiger partial charge in [0.1, 0.15) is 0 Å². The van der Waals surface area contributed by atoms with Gasteiger partial charge in [-0.1, -0.05) is 0 Å². The number of nitrogens with zero attached hydrogens (tertiary/aromatic N) is 4. The molecule has 1 aromatic carbocycles. The van der Waals surface area contributed by atoms with Crippen molar-refractivity contribution in [3.8, 4) is 11.5 Å². The van der Waals surface area contributed by atoms with Gasteiger partial charge in [0.25, 0.3) is 11.7 Å². The van der Waals surface area contributed by atoms with Crippen LogP contribution in [0.3, 0.4) is 0 Å². The first kappa shape index (κ1) is 14.4. The molecular formula is C16H15N5O3. The van der Waals surface area contributed by atoms with Crippen LogP contribution >= 0.6 is 0 Å². The Bertz CT molecular complexity index is 921. The second kappa shape index (κ2) is 5.80. The first-order valence-corrected chi connectivity index (χ1v) is 7.60. The summed E-state index contributed by atoms with van der Waals surface area (Å²) < 4.78 is 12.7. The van der Waals surface area contributed by atoms with Gasteiger partial charge in [0.15, 0.2) is 11.5 Å². The Hall–Kier alpha value is -3.16. The molecule has 24 heavy (non-hydrogen) atoms. The molecular weight excluding hydrogens is 310 g/mol. The van der Waals surface area contributed by atoms with Crippen LogP contribution in [0, 0.1) is 6.92 Å². The highest BCUT2D eigenvalue weighted by Gasteiger charge is 2.16. The van der Waals surface area contributed by atoms with E-state index in [1.807, 2.05) is 6.92 Å². The van der Waals surface area contributed by atoms with Gasteiger partial charge in [0.2, 0.25) is 5.82 Å². The highest BCUT2D eigenvalue weighted by Crippen LogP contribution is 2.32. The van der Waals surface area contributed by atoms with E-state index in [2.05, 4.69) is 20.4 Å². The fraction of sp³-hybridized carbons (Fsp3) is 0.250. The Morgan fingerprint density at radius 1 is 1.21 bits per heavy atom. The minimum atomic E-state index is -0.408. The largest absolute Gasteiger partial charge is 0.490 e. The molecule has 0 radical (unpaired) electrons. The van der Waals surface area contributed by atoms with E-state index in [-0.39, 0.29) is 5.82 Å². The lowest BCUT2D eigenvalue weighted by Gasteiger charge is -2.09. The lowest BCUT2D eigenvalue weighted by atomic mass is 10.2. The third-order valence-corrected chi connectivity index (χ3v) is 3.64. The topological polar surface area (TPSA) is 90.6 Å². The van der Waals surface area contributed by atoms with Crippen LogP contribution in [0.5, 0.6) is 11.5 Å². The summed E-state index contributed by atoms with van der Waals surface area (Å²) in [4.78, 5) is 20.6. The first-order valence-electron chi connectivity index (χ1n) is 7.60. The second-order valence-electron chi connectivity index (χ2n) is 5.40. The van der Waals surface area contributed by atoms with Crippen molar-refractivity contribution in [2.75, 3.05) is 18.5 Å². The number of fused-ring (bicyclic) bond motifs is 2. The van der Waals surface area contributed by atoms with E-state index >= 15 is 0 Å². The Morgan fingerprint density at radius 3 is 2.88 bits per heavy atom. The average Bonchev–Trinajstić information content (AvgIpc) is 2.89. The van der Waals surface area contributed by atoms with Gasteiger partial charge < -0.3 is 14.8 Å². The molecule has 8 nitrogen and oxygen atoms in total. The van der Waals surface area contributed by atoms with Gasteiger partial charge >= 0.3 is 0 Å². The average molecular weight is 325 g/mol. The van der Waals surface area contributed by atoms with Gasteiger partial charge in [-0.25, -0.2) is 9.50 Å². The van der Waals surface area contributed by atoms with Gasteiger partial charge in [0.05, 0.1) is 13.2 Å². The van der Waals surface area contributed by atoms with Crippen LogP contribution in [0.2, 0.25) is 0 Å². The summed E-state index contributed by atoms with van der Waals surface area (Å²) >= 11 is 0. The number of carbonyl (C=O) groups is 1. The normalized spacial score (nSPS) is 13.5. The SMILES string of the molecule is Cc1ccnc2nc(C(=O)Nc3ccc4c(c3)OCCCO4)nn12. The van der Waals surface area contributed by atoms with Crippen molar-refractivity contribution in [1.29, 1.82) is 0 Å². The Balaban J connectivity index is 1.59. The Kier molecular flexibility index (Phi) is 3.49. The number of carbonyl (C=O) groups excluding carboxylic acids is 1. The van der Waals surface area contributed by atoms with Gasteiger partial charge in [-0.05, 0) is 25.1 Å². The molecule has 1 amide bonds. The molecule has 0 aliphatic carbocycles. The molecule has 0 bridgehead atoms. The van der Waals surface area contributed by atoms with Crippen molar-refractivity contribution in [2.24, 2.45) is 0 Å². The van der Waals surface area contributed by atoms with Gasteiger partial charge in [-0.15, -0.1) is 5.10 Å². The molecule has 3 heterocycles. The van der Waals surface area contributed by atoms with Crippen LogP contribution in [-0.2, 0) is 0 Å². The number of nitrogens with one attached hydrogen (secondary N) is 1. The molecule has 0 saturated carbocycles. The zero-order valence-electron chi connectivity index (χ0n) is 13.0. The van der Waals surface area contributed by atoms with Crippen LogP contribution in [0.1, 0.15) is 22.7 Å². The molecule has 3 aromatic rings. The summed E-state index contributed by atoms with van der Waals surface area (Å²) in [6, 6.07) is 7.06. The molecule has 8 heteroatoms. The van der Waals surface area contributed by atoms with E-state index in [1.165, 1.54) is 4.52 Å². The number of aromatic nitrogens is 4. The smallest absolute Gasteiger partial charge is 0.295 e. The van der Waals surface area contributed by atoms with E-state index in [4.69, 9.17) is 9.47 Å². The van der Waals surface area contributed by atoms with Crippen molar-refractivity contribution in [3.05, 3.63) is 42.0 Å². The zero-order valence-corrected chi connectivity index (χ0v) is 13.0. The molecule has 0 unspecified atom stereocenters. The van der Waals surface area contributed by atoms with Crippen LogP contribution in [-0.4, -0.2) is 38.7 Å². The summed E-state index contributed by atoms with van der Waals surface area (Å²) in [5.41, 5.74) is 1.44. The Labute approximate surface area is 137 Å². The summed E-state index contributed by atoms with van der Waals surface area (Å²) in [6.07, 6.45) is 2.46. The monoisotopic (exact) mass is 325 g/mol. The number of rotatable bonds is 2. The maximum atomic E-state index is 12.4. The first-order chi connectivity index (χ1) is 11.7. The summed E-state index contributed by atoms with van der Waals surface area (Å²) in [6.45, 7) is 3.08. The summed E-state index contributed by atoms with van der Waals surface area (Å²) in [7, 11) is 0. The quantitative estimate of drug-likeness (QED) is 0.773. The number of hydrogen-bond donors (Lipinski definition) is 1. The molecule has 1 aliphatic heterocycles. The van der Waals surface area contributed by atoms with Crippen molar-refractivity contribution in [1.82, 2.24) is 19.6 Å². The molecule has 0 spiro atoms. The van der Waals surface area contributed by atoms with Crippen LogP contribution < -0.4 is 14.8 Å². The fourth-order valence-electron chi connectivity index (χ4n) is 2.43. The van der Waals surface area contributed by atoms with Gasteiger partial charge in [0, 0.05) is 30.1 Å². The molecule has 0 atom stereocenters. The van der Waals surface area contributed by atoms with E-state index in [0.717, 1.165) is 12.1 Å². The second-order valence-corrected chi connectivity index (χ2v) is 5.40. The lowest BCUT2D eigenvalue weighted by Crippen LogP contribution is -2.14. The fourth-order valence-corrected chi connectivity index (χ4v) is 2.43. The third-order valence-electron chi connectivity index (χ3n) is 3.64. The van der Waals surface area contributed by atoms with E-state index in [0.29, 0.717) is 36.2 Å². The van der Waals surface area contributed by atoms with Crippen molar-refractivity contribution < 1.29 is 14.3 Å². The molecule has 1 aliphatic rings. The third kappa shape index (κ3) is 2.62. The highest BCUT2D eigenvalue weighted by molar-refractivity contribution is 6.01. The number of hydrogen-bond acceptors (Lipinski definition) is 6. The Morgan fingerprint density at radius 2 is 2.04 bits per heavy atom. The number of aryl methyl sites for hydroxylation is 1. The maximum Gasteiger partial charge on any atom is 0.295 e. The molecule has 122 valence electrons. The van der Waals surface area contributed by atoms with E-state index in [9.17, 15) is 4.79 Å². The molecule has 1 N–H and O–H groups in total. The van der Waals surface area contributed by atoms with Gasteiger partial charge in [-0.2, -0.15) is 4.98 Å². The van der Waals surface area contributed by atoms with Crippen LogP contribution in [0.4, 0.5) is 5.69 Å². The zero-order chi connectivity index (χ0) is 16.5. The van der Waals surface area contributed by atoms with Crippen molar-refractivity contribution in [3.63, 3.8) is 0 Å². The van der Waals surface area contributed by atoms with E-state index in [1.54, 1.807) is 30.5 Å². The van der Waals surface area contributed by atoms with Crippen LogP contribution in [0.25, 0.3) is 5.78 Å². The number of benzene rings is 1. The van der Waals surface area contributed by atoms with Crippen molar-refractivity contribution in [2.45, 2.75) is 13.3 Å². The minimum Gasteiger partial charge on any atom is -0.490 e. The maximum absolute atomic E-state index is 12.4. The lowest BCUT2D eigenvalue weighted by molar-refractivity contribution is 0.101.